The Balaban J connectivity index is 1.76. The Morgan fingerprint density at radius 2 is 1.88 bits per heavy atom. The molecule has 25 heavy (non-hydrogen) atoms. The Labute approximate surface area is 144 Å². The van der Waals surface area contributed by atoms with Crippen LogP contribution in [-0.4, -0.2) is 24.5 Å². The van der Waals surface area contributed by atoms with Crippen molar-refractivity contribution in [2.24, 2.45) is 0 Å². The normalized spacial score (nSPS) is 10.4. The quantitative estimate of drug-likeness (QED) is 0.571. The third kappa shape index (κ3) is 3.16. The summed E-state index contributed by atoms with van der Waals surface area (Å²) in [5, 5.41) is 0. The Morgan fingerprint density at radius 1 is 1.00 bits per heavy atom. The van der Waals surface area contributed by atoms with E-state index in [9.17, 15) is 0 Å². The van der Waals surface area contributed by atoms with Gasteiger partial charge in [0, 0.05) is 18.0 Å². The molecule has 6 heteroatoms. The predicted octanol–water partition coefficient (Wildman–Crippen LogP) is 2.25. The number of fused-ring (bicyclic) bond motifs is 1. The number of aromatic nitrogens is 5. The van der Waals surface area contributed by atoms with Crippen LogP contribution in [0.25, 0.3) is 11.2 Å². The highest BCUT2D eigenvalue weighted by atomic mass is 15.1. The van der Waals surface area contributed by atoms with Crippen LogP contribution in [0, 0.1) is 11.8 Å². The van der Waals surface area contributed by atoms with Crippen LogP contribution in [0.1, 0.15) is 16.8 Å². The average Bonchev–Trinajstić information content (AvgIpc) is 3.04. The summed E-state index contributed by atoms with van der Waals surface area (Å²) < 4.78 is 1.94. The van der Waals surface area contributed by atoms with E-state index in [1.807, 2.05) is 34.9 Å². The van der Waals surface area contributed by atoms with Gasteiger partial charge in [-0.3, -0.25) is 4.98 Å². The molecule has 4 aromatic rings. The van der Waals surface area contributed by atoms with Gasteiger partial charge in [-0.05, 0) is 23.6 Å². The molecule has 0 aliphatic carbocycles. The van der Waals surface area contributed by atoms with Crippen LogP contribution < -0.4 is 5.73 Å². The van der Waals surface area contributed by atoms with Gasteiger partial charge < -0.3 is 10.3 Å². The molecule has 120 valence electrons. The summed E-state index contributed by atoms with van der Waals surface area (Å²) in [6.07, 6.45) is 5.14. The van der Waals surface area contributed by atoms with Gasteiger partial charge in [-0.25, -0.2) is 9.97 Å². The minimum Gasteiger partial charge on any atom is -0.368 e. The number of imidazole rings is 1. The minimum atomic E-state index is 0.179. The molecule has 0 aliphatic rings. The fraction of sp³-hybridized carbons (Fsp3) is 0.0526. The van der Waals surface area contributed by atoms with Gasteiger partial charge in [0.05, 0.1) is 12.9 Å². The van der Waals surface area contributed by atoms with Gasteiger partial charge in [0.25, 0.3) is 0 Å². The van der Waals surface area contributed by atoms with Crippen molar-refractivity contribution < 1.29 is 0 Å². The summed E-state index contributed by atoms with van der Waals surface area (Å²) in [4.78, 5) is 17.0. The van der Waals surface area contributed by atoms with E-state index in [2.05, 4.69) is 43.9 Å². The maximum absolute atomic E-state index is 5.87. The van der Waals surface area contributed by atoms with E-state index in [-0.39, 0.29) is 5.95 Å². The lowest BCUT2D eigenvalue weighted by Gasteiger charge is -2.04. The number of hydrogen-bond donors (Lipinski definition) is 1. The molecular weight excluding hydrogens is 312 g/mol. The molecule has 3 aromatic heterocycles. The van der Waals surface area contributed by atoms with Crippen molar-refractivity contribution in [3.63, 3.8) is 0 Å². The molecule has 0 spiro atoms. The third-order valence-electron chi connectivity index (χ3n) is 3.66. The number of benzene rings is 1. The van der Waals surface area contributed by atoms with E-state index in [0.29, 0.717) is 23.4 Å². The second-order valence-electron chi connectivity index (χ2n) is 5.45. The molecule has 0 saturated heterocycles. The fourth-order valence-corrected chi connectivity index (χ4v) is 2.51. The highest BCUT2D eigenvalue weighted by Crippen LogP contribution is 2.16. The number of anilines is 1. The molecule has 2 N–H and O–H groups in total. The molecule has 6 nitrogen and oxygen atoms in total. The smallest absolute Gasteiger partial charge is 0.223 e. The molecule has 4 rings (SSSR count). The van der Waals surface area contributed by atoms with Gasteiger partial charge in [0.2, 0.25) is 5.95 Å². The lowest BCUT2D eigenvalue weighted by Crippen LogP contribution is -2.03. The van der Waals surface area contributed by atoms with Crippen LogP contribution in [0.15, 0.2) is 61.2 Å². The van der Waals surface area contributed by atoms with Gasteiger partial charge in [0.1, 0.15) is 11.2 Å². The summed E-state index contributed by atoms with van der Waals surface area (Å²) in [5.74, 6) is 6.24. The van der Waals surface area contributed by atoms with E-state index in [4.69, 9.17) is 5.73 Å². The van der Waals surface area contributed by atoms with Gasteiger partial charge >= 0.3 is 0 Å². The molecule has 0 radical (unpaired) electrons. The van der Waals surface area contributed by atoms with Crippen LogP contribution >= 0.6 is 0 Å². The molecule has 0 aliphatic heterocycles. The molecule has 0 unspecified atom stereocenters. The largest absolute Gasteiger partial charge is 0.368 e. The maximum Gasteiger partial charge on any atom is 0.223 e. The first-order chi connectivity index (χ1) is 12.3. The van der Waals surface area contributed by atoms with Crippen LogP contribution in [0.5, 0.6) is 0 Å². The summed E-state index contributed by atoms with van der Waals surface area (Å²) >= 11 is 0. The summed E-state index contributed by atoms with van der Waals surface area (Å²) in [5.41, 5.74) is 9.65. The van der Waals surface area contributed by atoms with Crippen molar-refractivity contribution in [2.75, 3.05) is 5.73 Å². The lowest BCUT2D eigenvalue weighted by atomic mass is 10.2. The van der Waals surface area contributed by atoms with Crippen LogP contribution in [0.2, 0.25) is 0 Å². The average molecular weight is 326 g/mol. The molecule has 0 saturated carbocycles. The zero-order chi connectivity index (χ0) is 17.1. The minimum absolute atomic E-state index is 0.179. The van der Waals surface area contributed by atoms with Crippen molar-refractivity contribution in [1.29, 1.82) is 0 Å². The zero-order valence-corrected chi connectivity index (χ0v) is 13.3. The Hall–Kier alpha value is -3.72. The highest BCUT2D eigenvalue weighted by molar-refractivity contribution is 5.78. The van der Waals surface area contributed by atoms with Crippen molar-refractivity contribution in [3.05, 3.63) is 78.0 Å². The van der Waals surface area contributed by atoms with E-state index >= 15 is 0 Å². The summed E-state index contributed by atoms with van der Waals surface area (Å²) in [6.45, 7) is 0.656. The molecule has 0 bridgehead atoms. The first-order valence-electron chi connectivity index (χ1n) is 7.74. The van der Waals surface area contributed by atoms with Crippen molar-refractivity contribution in [3.8, 4) is 11.8 Å². The molecule has 0 fully saturated rings. The van der Waals surface area contributed by atoms with Crippen LogP contribution in [0.3, 0.4) is 0 Å². The van der Waals surface area contributed by atoms with E-state index < -0.39 is 0 Å². The number of nitrogens with two attached hydrogens (primary N) is 1. The third-order valence-corrected chi connectivity index (χ3v) is 3.66. The monoisotopic (exact) mass is 326 g/mol. The molecule has 0 atom stereocenters. The number of hydrogen-bond acceptors (Lipinski definition) is 5. The second-order valence-corrected chi connectivity index (χ2v) is 5.45. The van der Waals surface area contributed by atoms with Gasteiger partial charge in [-0.15, -0.1) is 0 Å². The molecular formula is C19H14N6. The first-order valence-corrected chi connectivity index (χ1v) is 7.74. The van der Waals surface area contributed by atoms with Crippen molar-refractivity contribution in [2.45, 2.75) is 6.54 Å². The summed E-state index contributed by atoms with van der Waals surface area (Å²) in [7, 11) is 0. The Kier molecular flexibility index (Phi) is 3.81. The standard InChI is InChI=1S/C19H14N6/c20-19-23-16(9-8-14-7-4-10-21-11-14)17-18(24-19)25(13-22-17)12-15-5-2-1-3-6-15/h1-7,10-11,13H,12H2,(H2,20,23,24). The molecule has 3 heterocycles. The van der Waals surface area contributed by atoms with E-state index in [0.717, 1.165) is 11.1 Å². The van der Waals surface area contributed by atoms with Crippen molar-refractivity contribution >= 4 is 17.1 Å². The van der Waals surface area contributed by atoms with E-state index in [1.54, 1.807) is 18.7 Å². The summed E-state index contributed by atoms with van der Waals surface area (Å²) in [6, 6.07) is 13.8. The number of nitrogens with zero attached hydrogens (tertiary/aromatic N) is 5. The van der Waals surface area contributed by atoms with Crippen molar-refractivity contribution in [1.82, 2.24) is 24.5 Å². The number of rotatable bonds is 2. The van der Waals surface area contributed by atoms with E-state index in [1.165, 1.54) is 0 Å². The predicted molar refractivity (Wildman–Crippen MR) is 95.5 cm³/mol. The highest BCUT2D eigenvalue weighted by Gasteiger charge is 2.11. The molecule has 0 amide bonds. The Bertz CT molecular complexity index is 1070. The number of nitrogen functional groups attached to an aromatic ring is 1. The SMILES string of the molecule is Nc1nc(C#Cc2cccnc2)c2ncn(Cc3ccccc3)c2n1. The maximum atomic E-state index is 5.87. The fourth-order valence-electron chi connectivity index (χ4n) is 2.51. The topological polar surface area (TPSA) is 82.5 Å². The lowest BCUT2D eigenvalue weighted by molar-refractivity contribution is 0.814. The zero-order valence-electron chi connectivity index (χ0n) is 13.3. The van der Waals surface area contributed by atoms with Gasteiger partial charge in [-0.2, -0.15) is 4.98 Å². The van der Waals surface area contributed by atoms with Gasteiger partial charge in [-0.1, -0.05) is 36.3 Å². The second kappa shape index (κ2) is 6.42. The first kappa shape index (κ1) is 14.8. The number of pyridine rings is 1. The van der Waals surface area contributed by atoms with Crippen LogP contribution in [-0.2, 0) is 6.54 Å². The van der Waals surface area contributed by atoms with Crippen LogP contribution in [0.4, 0.5) is 5.95 Å². The van der Waals surface area contributed by atoms with Gasteiger partial charge in [0.15, 0.2) is 5.65 Å². The molecule has 1 aromatic carbocycles. The Morgan fingerprint density at radius 3 is 2.68 bits per heavy atom.